The zero-order valence-electron chi connectivity index (χ0n) is 8.86. The van der Waals surface area contributed by atoms with Gasteiger partial charge in [-0.3, -0.25) is 14.5 Å². The summed E-state index contributed by atoms with van der Waals surface area (Å²) in [4.78, 5) is 24.5. The van der Waals surface area contributed by atoms with Crippen molar-refractivity contribution >= 4 is 11.8 Å². The first-order chi connectivity index (χ1) is 7.18. The second-order valence-electron chi connectivity index (χ2n) is 4.19. The Kier molecular flexibility index (Phi) is 3.02. The Bertz CT molecular complexity index is 256. The lowest BCUT2D eigenvalue weighted by Gasteiger charge is -2.37. The van der Waals surface area contributed by atoms with Crippen molar-refractivity contribution in [2.24, 2.45) is 0 Å². The van der Waals surface area contributed by atoms with E-state index in [0.717, 1.165) is 12.8 Å². The first-order valence-corrected chi connectivity index (χ1v) is 5.34. The van der Waals surface area contributed by atoms with Gasteiger partial charge in [0.05, 0.1) is 6.04 Å². The Morgan fingerprint density at radius 3 is 2.47 bits per heavy atom. The first kappa shape index (κ1) is 10.6. The molecule has 0 spiro atoms. The minimum Gasteiger partial charge on any atom is -0.362 e. The van der Waals surface area contributed by atoms with Crippen LogP contribution in [0.3, 0.4) is 0 Å². The molecule has 15 heavy (non-hydrogen) atoms. The molecule has 0 aromatic rings. The maximum absolute atomic E-state index is 11.5. The van der Waals surface area contributed by atoms with Crippen molar-refractivity contribution in [3.05, 3.63) is 0 Å². The molecule has 2 amide bonds. The molecule has 5 heteroatoms. The van der Waals surface area contributed by atoms with E-state index in [0.29, 0.717) is 12.6 Å². The van der Waals surface area contributed by atoms with E-state index in [-0.39, 0.29) is 31.1 Å². The number of imide groups is 1. The van der Waals surface area contributed by atoms with E-state index in [1.165, 1.54) is 4.90 Å². The van der Waals surface area contributed by atoms with E-state index in [4.69, 9.17) is 4.74 Å². The lowest BCUT2D eigenvalue weighted by atomic mass is 10.00. The molecule has 0 aliphatic carbocycles. The fourth-order valence-electron chi connectivity index (χ4n) is 2.12. The highest BCUT2D eigenvalue weighted by atomic mass is 16.5. The molecule has 2 aliphatic rings. The summed E-state index contributed by atoms with van der Waals surface area (Å²) < 4.78 is 4.88. The number of nitrogens with one attached hydrogen (secondary N) is 1. The Balaban J connectivity index is 2.01. The summed E-state index contributed by atoms with van der Waals surface area (Å²) in [6.07, 6.45) is 1.90. The summed E-state index contributed by atoms with van der Waals surface area (Å²) >= 11 is 0. The fraction of sp³-hybridized carbons (Fsp3) is 0.800. The van der Waals surface area contributed by atoms with Crippen LogP contribution in [-0.2, 0) is 14.3 Å². The number of nitrogens with zero attached hydrogens (tertiary/aromatic N) is 1. The Labute approximate surface area is 88.8 Å². The van der Waals surface area contributed by atoms with Gasteiger partial charge in [0.25, 0.3) is 11.8 Å². The molecule has 2 saturated heterocycles. The topological polar surface area (TPSA) is 58.6 Å². The Morgan fingerprint density at radius 2 is 1.93 bits per heavy atom. The molecule has 0 aromatic carbocycles. The zero-order valence-corrected chi connectivity index (χ0v) is 8.86. The van der Waals surface area contributed by atoms with Crippen molar-refractivity contribution in [1.29, 1.82) is 0 Å². The van der Waals surface area contributed by atoms with Gasteiger partial charge < -0.3 is 10.1 Å². The van der Waals surface area contributed by atoms with E-state index in [1.807, 2.05) is 0 Å². The summed E-state index contributed by atoms with van der Waals surface area (Å²) in [5.74, 6) is -0.403. The van der Waals surface area contributed by atoms with Gasteiger partial charge in [-0.1, -0.05) is 0 Å². The van der Waals surface area contributed by atoms with Crippen molar-refractivity contribution in [2.75, 3.05) is 19.8 Å². The molecular formula is C10H16N2O3. The summed E-state index contributed by atoms with van der Waals surface area (Å²) in [5.41, 5.74) is 0. The average molecular weight is 212 g/mol. The van der Waals surface area contributed by atoms with Crippen molar-refractivity contribution < 1.29 is 14.3 Å². The quantitative estimate of drug-likeness (QED) is 0.596. The van der Waals surface area contributed by atoms with Gasteiger partial charge in [0.15, 0.2) is 0 Å². The summed E-state index contributed by atoms with van der Waals surface area (Å²) in [5, 5.41) is 3.28. The van der Waals surface area contributed by atoms with Crippen LogP contribution >= 0.6 is 0 Å². The van der Waals surface area contributed by atoms with Gasteiger partial charge in [0.2, 0.25) is 0 Å². The summed E-state index contributed by atoms with van der Waals surface area (Å²) in [6, 6.07) is 0.498. The van der Waals surface area contributed by atoms with Crippen molar-refractivity contribution in [2.45, 2.75) is 31.8 Å². The zero-order chi connectivity index (χ0) is 10.8. The van der Waals surface area contributed by atoms with E-state index in [1.54, 1.807) is 0 Å². The second kappa shape index (κ2) is 4.28. The van der Waals surface area contributed by atoms with E-state index >= 15 is 0 Å². The highest BCUT2D eigenvalue weighted by molar-refractivity contribution is 5.98. The van der Waals surface area contributed by atoms with Gasteiger partial charge in [-0.25, -0.2) is 0 Å². The molecular weight excluding hydrogens is 196 g/mol. The van der Waals surface area contributed by atoms with Crippen LogP contribution in [0.5, 0.6) is 0 Å². The molecule has 0 saturated carbocycles. The molecule has 1 N–H and O–H groups in total. The molecule has 2 atom stereocenters. The number of carbonyl (C=O) groups is 2. The number of ether oxygens (including phenoxy) is 1. The largest absolute Gasteiger partial charge is 0.362 e. The third kappa shape index (κ3) is 2.18. The van der Waals surface area contributed by atoms with Gasteiger partial charge in [-0.2, -0.15) is 0 Å². The standard InChI is InChI=1S/C10H16N2O3/c1-7-2-3-8(4-11-7)12-9(13)5-15-6-10(12)14/h7-8,11H,2-6H2,1H3. The van der Waals surface area contributed by atoms with Gasteiger partial charge in [0, 0.05) is 12.6 Å². The summed E-state index contributed by atoms with van der Waals surface area (Å²) in [6.45, 7) is 2.90. The van der Waals surface area contributed by atoms with Crippen LogP contribution in [0, 0.1) is 0 Å². The van der Waals surface area contributed by atoms with Gasteiger partial charge in [-0.15, -0.1) is 0 Å². The highest BCUT2D eigenvalue weighted by Crippen LogP contribution is 2.16. The Morgan fingerprint density at radius 1 is 1.27 bits per heavy atom. The molecule has 2 heterocycles. The van der Waals surface area contributed by atoms with Crippen molar-refractivity contribution in [3.8, 4) is 0 Å². The van der Waals surface area contributed by atoms with Gasteiger partial charge >= 0.3 is 0 Å². The predicted octanol–water partition coefficient (Wildman–Crippen LogP) is -0.488. The van der Waals surface area contributed by atoms with Crippen molar-refractivity contribution in [1.82, 2.24) is 10.2 Å². The van der Waals surface area contributed by atoms with Gasteiger partial charge in [0.1, 0.15) is 13.2 Å². The molecule has 2 fully saturated rings. The molecule has 2 unspecified atom stereocenters. The minimum absolute atomic E-state index is 0.0186. The molecule has 84 valence electrons. The number of hydrogen-bond donors (Lipinski definition) is 1. The fourth-order valence-corrected chi connectivity index (χ4v) is 2.12. The molecule has 0 bridgehead atoms. The number of amides is 2. The first-order valence-electron chi connectivity index (χ1n) is 5.34. The number of rotatable bonds is 1. The van der Waals surface area contributed by atoms with Crippen LogP contribution < -0.4 is 5.32 Å². The average Bonchev–Trinajstić information content (AvgIpc) is 2.20. The summed E-state index contributed by atoms with van der Waals surface area (Å²) in [7, 11) is 0. The number of hydrogen-bond acceptors (Lipinski definition) is 4. The van der Waals surface area contributed by atoms with Crippen molar-refractivity contribution in [3.63, 3.8) is 0 Å². The number of morpholine rings is 1. The van der Waals surface area contributed by atoms with Crippen LogP contribution in [-0.4, -0.2) is 48.6 Å². The molecule has 2 aliphatic heterocycles. The van der Waals surface area contributed by atoms with Crippen LogP contribution in [0.15, 0.2) is 0 Å². The SMILES string of the molecule is CC1CCC(N2C(=O)COCC2=O)CN1. The van der Waals surface area contributed by atoms with Crippen LogP contribution in [0.2, 0.25) is 0 Å². The molecule has 5 nitrogen and oxygen atoms in total. The smallest absolute Gasteiger partial charge is 0.255 e. The number of carbonyl (C=O) groups excluding carboxylic acids is 2. The third-order valence-corrected chi connectivity index (χ3v) is 2.99. The van der Waals surface area contributed by atoms with E-state index in [2.05, 4.69) is 12.2 Å². The van der Waals surface area contributed by atoms with E-state index < -0.39 is 0 Å². The predicted molar refractivity (Wildman–Crippen MR) is 53.2 cm³/mol. The molecule has 0 aromatic heterocycles. The molecule has 0 radical (unpaired) electrons. The molecule has 2 rings (SSSR count). The normalized spacial score (nSPS) is 33.3. The monoisotopic (exact) mass is 212 g/mol. The third-order valence-electron chi connectivity index (χ3n) is 2.99. The lowest BCUT2D eigenvalue weighted by Crippen LogP contribution is -2.57. The van der Waals surface area contributed by atoms with Gasteiger partial charge in [-0.05, 0) is 19.8 Å². The van der Waals surface area contributed by atoms with Crippen LogP contribution in [0.4, 0.5) is 0 Å². The van der Waals surface area contributed by atoms with Crippen LogP contribution in [0.1, 0.15) is 19.8 Å². The Hall–Kier alpha value is -0.940. The minimum atomic E-state index is -0.201. The maximum atomic E-state index is 11.5. The second-order valence-corrected chi connectivity index (χ2v) is 4.19. The van der Waals surface area contributed by atoms with E-state index in [9.17, 15) is 9.59 Å². The van der Waals surface area contributed by atoms with Crippen LogP contribution in [0.25, 0.3) is 0 Å². The highest BCUT2D eigenvalue weighted by Gasteiger charge is 2.34. The number of piperidine rings is 1. The lowest BCUT2D eigenvalue weighted by molar-refractivity contribution is -0.162. The maximum Gasteiger partial charge on any atom is 0.255 e.